The molecule has 19 heavy (non-hydrogen) atoms. The number of hydrogen-bond acceptors (Lipinski definition) is 7. The van der Waals surface area contributed by atoms with Crippen LogP contribution in [0.25, 0.3) is 11.4 Å². The molecule has 0 amide bonds. The van der Waals surface area contributed by atoms with Crippen LogP contribution in [0.4, 0.5) is 0 Å². The lowest BCUT2D eigenvalue weighted by Gasteiger charge is -2.07. The number of halogens is 1. The second-order valence-electron chi connectivity index (χ2n) is 3.52. The zero-order chi connectivity index (χ0) is 13.9. The van der Waals surface area contributed by atoms with Crippen molar-refractivity contribution in [2.45, 2.75) is 11.7 Å². The van der Waals surface area contributed by atoms with Crippen molar-refractivity contribution in [2.75, 3.05) is 13.7 Å². The molecule has 0 spiro atoms. The molecule has 0 unspecified atom stereocenters. The van der Waals surface area contributed by atoms with Gasteiger partial charge in [-0.25, -0.2) is 8.42 Å². The van der Waals surface area contributed by atoms with E-state index in [-0.39, 0.29) is 11.7 Å². The predicted molar refractivity (Wildman–Crippen MR) is 66.0 cm³/mol. The molecule has 0 aliphatic carbocycles. The first-order valence-corrected chi connectivity index (χ1v) is 7.49. The van der Waals surface area contributed by atoms with Crippen LogP contribution in [0.1, 0.15) is 0 Å². The average Bonchev–Trinajstić information content (AvgIpc) is 2.81. The van der Waals surface area contributed by atoms with Crippen molar-refractivity contribution >= 4 is 19.7 Å². The van der Waals surface area contributed by atoms with Crippen LogP contribution in [0.15, 0.2) is 23.6 Å². The number of rotatable bonds is 5. The lowest BCUT2D eigenvalue weighted by atomic mass is 10.3. The maximum absolute atomic E-state index is 11.4. The lowest BCUT2D eigenvalue weighted by molar-refractivity contribution is 0.185. The Hall–Kier alpha value is -1.58. The van der Waals surface area contributed by atoms with Crippen molar-refractivity contribution < 1.29 is 13.2 Å². The Morgan fingerprint density at radius 1 is 1.37 bits per heavy atom. The third kappa shape index (κ3) is 3.06. The van der Waals surface area contributed by atoms with E-state index in [4.69, 9.17) is 15.4 Å². The van der Waals surface area contributed by atoms with E-state index >= 15 is 0 Å². The molecule has 2 heterocycles. The normalized spacial score (nSPS) is 11.7. The Kier molecular flexibility index (Phi) is 4.08. The van der Waals surface area contributed by atoms with Gasteiger partial charge in [-0.05, 0) is 6.07 Å². The fraction of sp³-hybridized carbons (Fsp3) is 0.333. The number of hydrogen-bond donors (Lipinski definition) is 0. The van der Waals surface area contributed by atoms with Gasteiger partial charge in [-0.2, -0.15) is 10.2 Å². The Morgan fingerprint density at radius 3 is 2.74 bits per heavy atom. The molecule has 0 N–H and O–H groups in total. The Bertz CT molecular complexity index is 658. The minimum absolute atomic E-state index is 0.252. The topological polar surface area (TPSA) is 99.9 Å². The first-order valence-electron chi connectivity index (χ1n) is 5.18. The second kappa shape index (κ2) is 5.59. The summed E-state index contributed by atoms with van der Waals surface area (Å²) in [6, 6.07) is 1.64. The summed E-state index contributed by atoms with van der Waals surface area (Å²) in [7, 11) is 2.85. The zero-order valence-electron chi connectivity index (χ0n) is 9.89. The standard InChI is InChI=1S/C9H10ClN5O3S/c1-18-5-4-15-8(7-2-3-11-12-6-7)13-14-9(15)19(10,16)17/h2-3,6H,4-5H2,1H3. The number of aromatic nitrogens is 5. The van der Waals surface area contributed by atoms with Crippen LogP contribution in [0.3, 0.4) is 0 Å². The number of nitrogens with zero attached hydrogens (tertiary/aromatic N) is 5. The van der Waals surface area contributed by atoms with Gasteiger partial charge in [0.2, 0.25) is 0 Å². The highest BCUT2D eigenvalue weighted by atomic mass is 35.7. The van der Waals surface area contributed by atoms with Crippen LogP contribution in [0.5, 0.6) is 0 Å². The van der Waals surface area contributed by atoms with E-state index in [0.717, 1.165) is 0 Å². The molecule has 0 aliphatic heterocycles. The quantitative estimate of drug-likeness (QED) is 0.733. The lowest BCUT2D eigenvalue weighted by Crippen LogP contribution is -2.11. The number of ether oxygens (including phenoxy) is 1. The molecule has 0 fully saturated rings. The molecule has 2 aromatic rings. The van der Waals surface area contributed by atoms with Crippen LogP contribution in [-0.4, -0.2) is 47.1 Å². The van der Waals surface area contributed by atoms with E-state index in [1.807, 2.05) is 0 Å². The van der Waals surface area contributed by atoms with Gasteiger partial charge in [-0.1, -0.05) is 0 Å². The minimum Gasteiger partial charge on any atom is -0.383 e. The van der Waals surface area contributed by atoms with E-state index in [1.54, 1.807) is 6.07 Å². The van der Waals surface area contributed by atoms with Crippen LogP contribution in [0, 0.1) is 0 Å². The highest BCUT2D eigenvalue weighted by Crippen LogP contribution is 2.21. The third-order valence-corrected chi connectivity index (χ3v) is 3.45. The van der Waals surface area contributed by atoms with Gasteiger partial charge in [0.1, 0.15) is 0 Å². The summed E-state index contributed by atoms with van der Waals surface area (Å²) < 4.78 is 29.2. The van der Waals surface area contributed by atoms with Gasteiger partial charge < -0.3 is 4.74 Å². The van der Waals surface area contributed by atoms with Crippen molar-refractivity contribution in [1.29, 1.82) is 0 Å². The highest BCUT2D eigenvalue weighted by molar-refractivity contribution is 8.13. The third-order valence-electron chi connectivity index (χ3n) is 2.30. The Labute approximate surface area is 113 Å². The maximum atomic E-state index is 11.4. The zero-order valence-corrected chi connectivity index (χ0v) is 11.5. The van der Waals surface area contributed by atoms with Crippen LogP contribution >= 0.6 is 10.7 Å². The van der Waals surface area contributed by atoms with Gasteiger partial charge in [-0.15, -0.1) is 10.2 Å². The second-order valence-corrected chi connectivity index (χ2v) is 5.98. The Morgan fingerprint density at radius 2 is 2.16 bits per heavy atom. The van der Waals surface area contributed by atoms with Crippen molar-refractivity contribution in [2.24, 2.45) is 0 Å². The van der Waals surface area contributed by atoms with E-state index in [9.17, 15) is 8.42 Å². The first kappa shape index (κ1) is 13.8. The van der Waals surface area contributed by atoms with Gasteiger partial charge in [0.05, 0.1) is 25.5 Å². The predicted octanol–water partition coefficient (Wildman–Crippen LogP) is 0.309. The van der Waals surface area contributed by atoms with Gasteiger partial charge in [0, 0.05) is 23.4 Å². The molecule has 0 saturated heterocycles. The molecule has 102 valence electrons. The summed E-state index contributed by atoms with van der Waals surface area (Å²) >= 11 is 0. The molecular formula is C9H10ClN5O3S. The molecule has 0 atom stereocenters. The fourth-order valence-corrected chi connectivity index (χ4v) is 2.41. The highest BCUT2D eigenvalue weighted by Gasteiger charge is 2.23. The number of methoxy groups -OCH3 is 1. The van der Waals surface area contributed by atoms with Crippen LogP contribution < -0.4 is 0 Å². The van der Waals surface area contributed by atoms with Crippen molar-refractivity contribution in [3.05, 3.63) is 18.5 Å². The van der Waals surface area contributed by atoms with E-state index in [0.29, 0.717) is 18.0 Å². The summed E-state index contributed by atoms with van der Waals surface area (Å²) in [5.41, 5.74) is 0.588. The first-order chi connectivity index (χ1) is 9.04. The van der Waals surface area contributed by atoms with Crippen molar-refractivity contribution in [3.63, 3.8) is 0 Å². The largest absolute Gasteiger partial charge is 0.383 e. The summed E-state index contributed by atoms with van der Waals surface area (Å²) in [4.78, 5) is 0. The van der Waals surface area contributed by atoms with Crippen LogP contribution in [-0.2, 0) is 20.3 Å². The summed E-state index contributed by atoms with van der Waals surface area (Å²) in [5, 5.41) is 14.5. The summed E-state index contributed by atoms with van der Waals surface area (Å²) in [5.74, 6) is 0.339. The molecule has 8 nitrogen and oxygen atoms in total. The summed E-state index contributed by atoms with van der Waals surface area (Å²) in [6.45, 7) is 0.547. The molecule has 0 radical (unpaired) electrons. The van der Waals surface area contributed by atoms with Crippen molar-refractivity contribution in [1.82, 2.24) is 25.0 Å². The molecular weight excluding hydrogens is 294 g/mol. The smallest absolute Gasteiger partial charge is 0.296 e. The molecule has 2 aromatic heterocycles. The molecule has 0 aromatic carbocycles. The molecule has 0 aliphatic rings. The summed E-state index contributed by atoms with van der Waals surface area (Å²) in [6.07, 6.45) is 2.93. The minimum atomic E-state index is -3.98. The molecule has 0 bridgehead atoms. The van der Waals surface area contributed by atoms with Gasteiger partial charge in [0.25, 0.3) is 14.2 Å². The van der Waals surface area contributed by atoms with E-state index in [1.165, 1.54) is 24.1 Å². The molecule has 0 saturated carbocycles. The van der Waals surface area contributed by atoms with Gasteiger partial charge in [-0.3, -0.25) is 4.57 Å². The van der Waals surface area contributed by atoms with Gasteiger partial charge >= 0.3 is 0 Å². The molecule has 10 heteroatoms. The van der Waals surface area contributed by atoms with E-state index < -0.39 is 9.05 Å². The van der Waals surface area contributed by atoms with E-state index in [2.05, 4.69) is 20.4 Å². The van der Waals surface area contributed by atoms with Crippen molar-refractivity contribution in [3.8, 4) is 11.4 Å². The average molecular weight is 304 g/mol. The Balaban J connectivity index is 2.53. The van der Waals surface area contributed by atoms with Crippen LogP contribution in [0.2, 0.25) is 0 Å². The SMILES string of the molecule is COCCn1c(-c2ccnnc2)nnc1S(=O)(=O)Cl. The van der Waals surface area contributed by atoms with Gasteiger partial charge in [0.15, 0.2) is 5.82 Å². The fourth-order valence-electron chi connectivity index (χ4n) is 1.49. The monoisotopic (exact) mass is 303 g/mol. The maximum Gasteiger partial charge on any atom is 0.296 e. The molecule has 2 rings (SSSR count).